The summed E-state index contributed by atoms with van der Waals surface area (Å²) in [5.74, 6) is -2.63. The van der Waals surface area contributed by atoms with Crippen molar-refractivity contribution in [2.24, 2.45) is 5.92 Å². The second-order valence-corrected chi connectivity index (χ2v) is 7.98. The highest BCUT2D eigenvalue weighted by atomic mass is 19.4. The predicted molar refractivity (Wildman–Crippen MR) is 109 cm³/mol. The van der Waals surface area contributed by atoms with Gasteiger partial charge >= 0.3 is 6.18 Å². The fraction of sp³-hybridized carbons (Fsp3) is 0.364. The number of pyridine rings is 1. The maximum absolute atomic E-state index is 14.6. The van der Waals surface area contributed by atoms with Gasteiger partial charge in [0.1, 0.15) is 18.1 Å². The zero-order chi connectivity index (χ0) is 24.5. The molecule has 0 N–H and O–H groups in total. The third-order valence-corrected chi connectivity index (χ3v) is 5.72. The van der Waals surface area contributed by atoms with E-state index in [4.69, 9.17) is 4.74 Å². The normalized spacial score (nSPS) is 18.7. The van der Waals surface area contributed by atoms with Crippen molar-refractivity contribution in [1.29, 1.82) is 0 Å². The molecule has 1 amide bonds. The number of halogens is 5. The van der Waals surface area contributed by atoms with Crippen molar-refractivity contribution in [1.82, 2.24) is 24.9 Å². The molecule has 180 valence electrons. The van der Waals surface area contributed by atoms with E-state index in [1.165, 1.54) is 17.3 Å². The van der Waals surface area contributed by atoms with Crippen LogP contribution < -0.4 is 4.74 Å². The van der Waals surface area contributed by atoms with E-state index in [-0.39, 0.29) is 29.7 Å². The van der Waals surface area contributed by atoms with Gasteiger partial charge in [0, 0.05) is 24.9 Å². The molecular weight excluding hydrogens is 461 g/mol. The Morgan fingerprint density at radius 1 is 1.18 bits per heavy atom. The zero-order valence-corrected chi connectivity index (χ0v) is 18.0. The number of rotatable bonds is 5. The number of aromatic nitrogens is 4. The summed E-state index contributed by atoms with van der Waals surface area (Å²) in [4.78, 5) is 19.5. The maximum atomic E-state index is 14.6. The quantitative estimate of drug-likeness (QED) is 0.509. The second kappa shape index (κ2) is 9.35. The van der Waals surface area contributed by atoms with Crippen LogP contribution in [0.2, 0.25) is 0 Å². The summed E-state index contributed by atoms with van der Waals surface area (Å²) in [5.41, 5.74) is -1.44. The first-order chi connectivity index (χ1) is 16.1. The van der Waals surface area contributed by atoms with Crippen molar-refractivity contribution in [3.05, 3.63) is 65.6 Å². The number of carbonyl (C=O) groups is 1. The van der Waals surface area contributed by atoms with Crippen molar-refractivity contribution in [2.45, 2.75) is 32.0 Å². The second-order valence-electron chi connectivity index (χ2n) is 7.98. The number of ether oxygens (including phenoxy) is 1. The van der Waals surface area contributed by atoms with Crippen LogP contribution in [0, 0.1) is 17.6 Å². The third kappa shape index (κ3) is 4.85. The number of piperidine rings is 1. The van der Waals surface area contributed by atoms with Crippen LogP contribution in [-0.2, 0) is 6.18 Å². The fourth-order valence-corrected chi connectivity index (χ4v) is 3.98. The number of nitrogens with zero attached hydrogens (tertiary/aromatic N) is 5. The minimum atomic E-state index is -4.52. The molecule has 0 spiro atoms. The van der Waals surface area contributed by atoms with Crippen molar-refractivity contribution in [2.75, 3.05) is 13.2 Å². The Kier molecular flexibility index (Phi) is 6.49. The third-order valence-electron chi connectivity index (χ3n) is 5.72. The Balaban J connectivity index is 1.59. The van der Waals surface area contributed by atoms with Crippen LogP contribution in [0.3, 0.4) is 0 Å². The Labute approximate surface area is 191 Å². The zero-order valence-electron chi connectivity index (χ0n) is 18.0. The lowest BCUT2D eigenvalue weighted by molar-refractivity contribution is -0.137. The molecule has 34 heavy (non-hydrogen) atoms. The summed E-state index contributed by atoms with van der Waals surface area (Å²) in [5, 5.41) is 7.72. The monoisotopic (exact) mass is 481 g/mol. The van der Waals surface area contributed by atoms with E-state index in [1.807, 2.05) is 6.92 Å². The van der Waals surface area contributed by atoms with Crippen LogP contribution in [0.5, 0.6) is 5.88 Å². The van der Waals surface area contributed by atoms with Gasteiger partial charge in [-0.1, -0.05) is 6.92 Å². The molecule has 3 heterocycles. The molecule has 2 aromatic heterocycles. The van der Waals surface area contributed by atoms with Gasteiger partial charge in [0.2, 0.25) is 5.88 Å². The number of amides is 1. The van der Waals surface area contributed by atoms with Gasteiger partial charge < -0.3 is 9.64 Å². The van der Waals surface area contributed by atoms with Crippen molar-refractivity contribution < 1.29 is 31.5 Å². The summed E-state index contributed by atoms with van der Waals surface area (Å²) in [6.07, 6.45) is 0.176. The fourth-order valence-electron chi connectivity index (χ4n) is 3.98. The number of hydrogen-bond acceptors (Lipinski definition) is 5. The number of carbonyl (C=O) groups excluding carboxylic acids is 1. The topological polar surface area (TPSA) is 73.1 Å². The van der Waals surface area contributed by atoms with E-state index in [1.54, 1.807) is 0 Å². The minimum Gasteiger partial charge on any atom is -0.475 e. The summed E-state index contributed by atoms with van der Waals surface area (Å²) >= 11 is 0. The van der Waals surface area contributed by atoms with E-state index in [0.717, 1.165) is 29.4 Å². The first kappa shape index (κ1) is 23.6. The summed E-state index contributed by atoms with van der Waals surface area (Å²) < 4.78 is 72.6. The molecule has 7 nitrogen and oxygen atoms in total. The largest absolute Gasteiger partial charge is 0.475 e. The highest BCUT2D eigenvalue weighted by Crippen LogP contribution is 2.31. The van der Waals surface area contributed by atoms with Crippen LogP contribution in [-0.4, -0.2) is 50.0 Å². The van der Waals surface area contributed by atoms with Gasteiger partial charge in [0.15, 0.2) is 5.82 Å². The van der Waals surface area contributed by atoms with Gasteiger partial charge in [-0.2, -0.15) is 23.4 Å². The van der Waals surface area contributed by atoms with E-state index >= 15 is 0 Å². The van der Waals surface area contributed by atoms with Crippen molar-refractivity contribution in [3.8, 4) is 11.6 Å². The van der Waals surface area contributed by atoms with Crippen molar-refractivity contribution >= 4 is 5.91 Å². The SMILES string of the molecule is C[C@@H]1CCCN(C(=O)c2cc(F)cc(F)c2-n2nccn2)[C@@H]1COc1ccc(C(F)(F)F)cn1. The smallest absolute Gasteiger partial charge is 0.417 e. The minimum absolute atomic E-state index is 0.0311. The Bertz CT molecular complexity index is 1150. The highest BCUT2D eigenvalue weighted by molar-refractivity contribution is 5.98. The lowest BCUT2D eigenvalue weighted by atomic mass is 9.90. The van der Waals surface area contributed by atoms with E-state index in [2.05, 4.69) is 15.2 Å². The molecular formula is C22H20F5N5O2. The van der Waals surface area contributed by atoms with Crippen LogP contribution >= 0.6 is 0 Å². The lowest BCUT2D eigenvalue weighted by Gasteiger charge is -2.40. The highest BCUT2D eigenvalue weighted by Gasteiger charge is 2.35. The predicted octanol–water partition coefficient (Wildman–Crippen LogP) is 4.28. The first-order valence-electron chi connectivity index (χ1n) is 10.5. The standard InChI is InChI=1S/C22H20F5N5O2/c1-13-3-2-8-31(18(13)12-34-19-5-4-14(11-28-19)22(25,26)27)21(33)16-9-15(23)10-17(24)20(16)32-29-6-7-30-32/h4-7,9-11,13,18H,2-3,8,12H2,1H3/t13-,18-/m1/s1. The number of hydrogen-bond donors (Lipinski definition) is 0. The van der Waals surface area contributed by atoms with Gasteiger partial charge in [-0.3, -0.25) is 4.79 Å². The Morgan fingerprint density at radius 3 is 2.56 bits per heavy atom. The maximum Gasteiger partial charge on any atom is 0.417 e. The summed E-state index contributed by atoms with van der Waals surface area (Å²) in [6, 6.07) is 3.03. The van der Waals surface area contributed by atoms with E-state index in [9.17, 15) is 26.7 Å². The molecule has 4 rings (SSSR count). The van der Waals surface area contributed by atoms with Gasteiger partial charge in [0.05, 0.1) is 29.6 Å². The first-order valence-corrected chi connectivity index (χ1v) is 10.5. The average molecular weight is 481 g/mol. The van der Waals surface area contributed by atoms with Crippen molar-refractivity contribution in [3.63, 3.8) is 0 Å². The molecule has 12 heteroatoms. The van der Waals surface area contributed by atoms with E-state index in [0.29, 0.717) is 25.2 Å². The molecule has 0 aliphatic carbocycles. The van der Waals surface area contributed by atoms with E-state index < -0.39 is 35.3 Å². The molecule has 1 aliphatic heterocycles. The average Bonchev–Trinajstić information content (AvgIpc) is 3.31. The van der Waals surface area contributed by atoms with Crippen LogP contribution in [0.4, 0.5) is 22.0 Å². The number of benzene rings is 1. The van der Waals surface area contributed by atoms with Crippen LogP contribution in [0.1, 0.15) is 35.7 Å². The summed E-state index contributed by atoms with van der Waals surface area (Å²) in [6.45, 7) is 2.15. The molecule has 2 atom stereocenters. The molecule has 1 aliphatic rings. The molecule has 0 saturated carbocycles. The van der Waals surface area contributed by atoms with Crippen LogP contribution in [0.25, 0.3) is 5.69 Å². The van der Waals surface area contributed by atoms with Gasteiger partial charge in [-0.15, -0.1) is 4.80 Å². The molecule has 0 radical (unpaired) electrons. The molecule has 0 bridgehead atoms. The number of likely N-dealkylation sites (tertiary alicyclic amines) is 1. The van der Waals surface area contributed by atoms with Gasteiger partial charge in [-0.05, 0) is 30.9 Å². The Morgan fingerprint density at radius 2 is 1.91 bits per heavy atom. The lowest BCUT2D eigenvalue weighted by Crippen LogP contribution is -2.51. The summed E-state index contributed by atoms with van der Waals surface area (Å²) in [7, 11) is 0. The van der Waals surface area contributed by atoms with Crippen LogP contribution in [0.15, 0.2) is 42.9 Å². The van der Waals surface area contributed by atoms with Gasteiger partial charge in [-0.25, -0.2) is 13.8 Å². The number of alkyl halides is 3. The molecule has 0 unspecified atom stereocenters. The van der Waals surface area contributed by atoms with Gasteiger partial charge in [0.25, 0.3) is 5.91 Å². The molecule has 1 aromatic carbocycles. The molecule has 1 fully saturated rings. The molecule has 3 aromatic rings. The Hall–Kier alpha value is -3.57. The molecule has 1 saturated heterocycles.